The van der Waals surface area contributed by atoms with E-state index in [1.54, 1.807) is 11.3 Å². The summed E-state index contributed by atoms with van der Waals surface area (Å²) in [6.45, 7) is 0. The highest BCUT2D eigenvalue weighted by Gasteiger charge is 2.14. The fraction of sp³-hybridized carbons (Fsp3) is 0.190. The van der Waals surface area contributed by atoms with Crippen molar-refractivity contribution in [1.29, 1.82) is 0 Å². The Labute approximate surface area is 150 Å². The third kappa shape index (κ3) is 2.53. The molecule has 3 nitrogen and oxygen atoms in total. The minimum absolute atomic E-state index is 0.767. The molecule has 4 aromatic rings. The van der Waals surface area contributed by atoms with Crippen LogP contribution in [-0.4, -0.2) is 9.38 Å². The SMILES string of the molecule is Nc1cccc(-c2cn3c(-c4ccc5c(c4)CCCC5)csc3n2)c1. The van der Waals surface area contributed by atoms with Gasteiger partial charge in [0.1, 0.15) is 0 Å². The normalized spacial score (nSPS) is 13.9. The van der Waals surface area contributed by atoms with Crippen LogP contribution in [0.15, 0.2) is 54.0 Å². The number of anilines is 1. The van der Waals surface area contributed by atoms with Crippen LogP contribution in [0.5, 0.6) is 0 Å². The van der Waals surface area contributed by atoms with Gasteiger partial charge in [0, 0.05) is 22.8 Å². The second-order valence-corrected chi connectivity index (χ2v) is 7.55. The maximum absolute atomic E-state index is 5.92. The molecule has 2 heterocycles. The van der Waals surface area contributed by atoms with Gasteiger partial charge in [-0.1, -0.05) is 24.3 Å². The zero-order valence-corrected chi connectivity index (χ0v) is 14.7. The zero-order valence-electron chi connectivity index (χ0n) is 13.9. The topological polar surface area (TPSA) is 43.3 Å². The first-order valence-corrected chi connectivity index (χ1v) is 9.60. The zero-order chi connectivity index (χ0) is 16.8. The van der Waals surface area contributed by atoms with E-state index < -0.39 is 0 Å². The molecular formula is C21H19N3S. The van der Waals surface area contributed by atoms with E-state index in [0.717, 1.165) is 21.9 Å². The van der Waals surface area contributed by atoms with E-state index in [1.807, 2.05) is 18.2 Å². The first-order valence-electron chi connectivity index (χ1n) is 8.72. The van der Waals surface area contributed by atoms with Crippen molar-refractivity contribution in [3.63, 3.8) is 0 Å². The van der Waals surface area contributed by atoms with E-state index in [4.69, 9.17) is 10.7 Å². The maximum Gasteiger partial charge on any atom is 0.194 e. The predicted molar refractivity (Wildman–Crippen MR) is 105 cm³/mol. The Kier molecular flexibility index (Phi) is 3.38. The molecular weight excluding hydrogens is 326 g/mol. The van der Waals surface area contributed by atoms with Crippen LogP contribution in [-0.2, 0) is 12.8 Å². The molecule has 0 unspecified atom stereocenters. The number of nitrogens with zero attached hydrogens (tertiary/aromatic N) is 2. The van der Waals surface area contributed by atoms with Crippen LogP contribution < -0.4 is 5.73 Å². The first kappa shape index (κ1) is 14.7. The number of nitrogen functional groups attached to an aromatic ring is 1. The van der Waals surface area contributed by atoms with Gasteiger partial charge in [-0.15, -0.1) is 11.3 Å². The lowest BCUT2D eigenvalue weighted by Gasteiger charge is -2.16. The molecule has 0 amide bonds. The third-order valence-electron chi connectivity index (χ3n) is 5.04. The van der Waals surface area contributed by atoms with Gasteiger partial charge >= 0.3 is 0 Å². The van der Waals surface area contributed by atoms with E-state index in [-0.39, 0.29) is 0 Å². The summed E-state index contributed by atoms with van der Waals surface area (Å²) < 4.78 is 2.20. The second kappa shape index (κ2) is 5.74. The molecule has 0 saturated heterocycles. The largest absolute Gasteiger partial charge is 0.399 e. The Balaban J connectivity index is 1.60. The van der Waals surface area contributed by atoms with Crippen molar-refractivity contribution in [2.45, 2.75) is 25.7 Å². The number of aryl methyl sites for hydroxylation is 2. The van der Waals surface area contributed by atoms with E-state index >= 15 is 0 Å². The highest BCUT2D eigenvalue weighted by molar-refractivity contribution is 7.15. The van der Waals surface area contributed by atoms with Gasteiger partial charge in [0.25, 0.3) is 0 Å². The molecule has 2 aromatic heterocycles. The standard InChI is InChI=1S/C21H19N3S/c22-18-7-3-6-16(11-18)19-12-24-20(13-25-21(24)23-19)17-9-8-14-4-1-2-5-15(14)10-17/h3,6-13H,1-2,4-5,22H2. The number of nitrogens with two attached hydrogens (primary N) is 1. The molecule has 0 atom stereocenters. The Morgan fingerprint density at radius 2 is 1.84 bits per heavy atom. The monoisotopic (exact) mass is 345 g/mol. The van der Waals surface area contributed by atoms with Crippen molar-refractivity contribution in [2.24, 2.45) is 0 Å². The summed E-state index contributed by atoms with van der Waals surface area (Å²) in [4.78, 5) is 5.80. The van der Waals surface area contributed by atoms with Crippen molar-refractivity contribution in [3.05, 3.63) is 65.2 Å². The van der Waals surface area contributed by atoms with Gasteiger partial charge < -0.3 is 5.73 Å². The van der Waals surface area contributed by atoms with E-state index in [1.165, 1.54) is 48.1 Å². The lowest BCUT2D eigenvalue weighted by Crippen LogP contribution is -2.02. The van der Waals surface area contributed by atoms with Gasteiger partial charge in [0.2, 0.25) is 0 Å². The molecule has 0 bridgehead atoms. The molecule has 25 heavy (non-hydrogen) atoms. The van der Waals surface area contributed by atoms with Crippen LogP contribution in [0.4, 0.5) is 5.69 Å². The Bertz CT molecular complexity index is 1070. The second-order valence-electron chi connectivity index (χ2n) is 6.72. The summed E-state index contributed by atoms with van der Waals surface area (Å²) in [5, 5.41) is 2.20. The summed E-state index contributed by atoms with van der Waals surface area (Å²) in [6.07, 6.45) is 7.17. The van der Waals surface area contributed by atoms with Gasteiger partial charge in [0.05, 0.1) is 11.4 Å². The van der Waals surface area contributed by atoms with Gasteiger partial charge in [-0.25, -0.2) is 4.98 Å². The van der Waals surface area contributed by atoms with Crippen molar-refractivity contribution in [2.75, 3.05) is 5.73 Å². The number of thiazole rings is 1. The van der Waals surface area contributed by atoms with Crippen LogP contribution >= 0.6 is 11.3 Å². The average Bonchev–Trinajstić information content (AvgIpc) is 3.22. The molecule has 5 rings (SSSR count). The van der Waals surface area contributed by atoms with Crippen molar-refractivity contribution >= 4 is 22.0 Å². The number of rotatable bonds is 2. The molecule has 0 aliphatic heterocycles. The van der Waals surface area contributed by atoms with Gasteiger partial charge in [0.15, 0.2) is 4.96 Å². The van der Waals surface area contributed by atoms with Crippen LogP contribution in [0.2, 0.25) is 0 Å². The van der Waals surface area contributed by atoms with E-state index in [2.05, 4.69) is 40.2 Å². The van der Waals surface area contributed by atoms with Crippen molar-refractivity contribution < 1.29 is 0 Å². The molecule has 2 N–H and O–H groups in total. The van der Waals surface area contributed by atoms with Crippen molar-refractivity contribution in [3.8, 4) is 22.5 Å². The maximum atomic E-state index is 5.92. The molecule has 124 valence electrons. The minimum atomic E-state index is 0.767. The Morgan fingerprint density at radius 3 is 2.72 bits per heavy atom. The Morgan fingerprint density at radius 1 is 0.960 bits per heavy atom. The van der Waals surface area contributed by atoms with Crippen LogP contribution in [0.25, 0.3) is 27.5 Å². The molecule has 0 fully saturated rings. The molecule has 1 aliphatic carbocycles. The molecule has 0 spiro atoms. The smallest absolute Gasteiger partial charge is 0.194 e. The van der Waals surface area contributed by atoms with Crippen LogP contribution in [0, 0.1) is 0 Å². The predicted octanol–water partition coefficient (Wildman–Crippen LogP) is 5.19. The molecule has 0 radical (unpaired) electrons. The summed E-state index contributed by atoms with van der Waals surface area (Å²) in [6, 6.07) is 14.8. The molecule has 2 aromatic carbocycles. The lowest BCUT2D eigenvalue weighted by molar-refractivity contribution is 0.686. The molecule has 4 heteroatoms. The fourth-order valence-corrected chi connectivity index (χ4v) is 4.60. The molecule has 1 aliphatic rings. The summed E-state index contributed by atoms with van der Waals surface area (Å²) >= 11 is 1.69. The van der Waals surface area contributed by atoms with Crippen LogP contribution in [0.3, 0.4) is 0 Å². The number of hydrogen-bond acceptors (Lipinski definition) is 3. The number of fused-ring (bicyclic) bond motifs is 2. The van der Waals surface area contributed by atoms with Gasteiger partial charge in [-0.05, 0) is 60.6 Å². The summed E-state index contributed by atoms with van der Waals surface area (Å²) in [7, 11) is 0. The highest BCUT2D eigenvalue weighted by Crippen LogP contribution is 2.32. The Hall–Kier alpha value is -2.59. The minimum Gasteiger partial charge on any atom is -0.399 e. The third-order valence-corrected chi connectivity index (χ3v) is 5.88. The van der Waals surface area contributed by atoms with Crippen LogP contribution in [0.1, 0.15) is 24.0 Å². The number of hydrogen-bond donors (Lipinski definition) is 1. The quantitative estimate of drug-likeness (QED) is 0.508. The van der Waals surface area contributed by atoms with E-state index in [9.17, 15) is 0 Å². The fourth-order valence-electron chi connectivity index (χ4n) is 3.72. The highest BCUT2D eigenvalue weighted by atomic mass is 32.1. The number of aromatic nitrogens is 2. The summed E-state index contributed by atoms with van der Waals surface area (Å²) in [5.41, 5.74) is 14.3. The number of imidazole rings is 1. The van der Waals surface area contributed by atoms with E-state index in [0.29, 0.717) is 0 Å². The van der Waals surface area contributed by atoms with Crippen molar-refractivity contribution in [1.82, 2.24) is 9.38 Å². The van der Waals surface area contributed by atoms with Gasteiger partial charge in [-0.3, -0.25) is 4.40 Å². The average molecular weight is 345 g/mol. The lowest BCUT2D eigenvalue weighted by atomic mass is 9.90. The molecule has 0 saturated carbocycles. The summed E-state index contributed by atoms with van der Waals surface area (Å²) in [5.74, 6) is 0. The number of benzene rings is 2. The van der Waals surface area contributed by atoms with Gasteiger partial charge in [-0.2, -0.15) is 0 Å². The first-order chi connectivity index (χ1) is 12.3.